The molecule has 0 aliphatic heterocycles. The summed E-state index contributed by atoms with van der Waals surface area (Å²) < 4.78 is 5.17. The van der Waals surface area contributed by atoms with Gasteiger partial charge in [0.1, 0.15) is 5.82 Å². The van der Waals surface area contributed by atoms with E-state index in [0.29, 0.717) is 15.3 Å². The smallest absolute Gasteiger partial charge is 0.203 e. The number of hydrogen-bond acceptors (Lipinski definition) is 3. The minimum atomic E-state index is 0.243. The van der Waals surface area contributed by atoms with Crippen LogP contribution in [0.1, 0.15) is 58.2 Å². The second-order valence-electron chi connectivity index (χ2n) is 7.78. The Morgan fingerprint density at radius 2 is 1.78 bits per heavy atom. The van der Waals surface area contributed by atoms with Gasteiger partial charge in [-0.05, 0) is 78.4 Å². The van der Waals surface area contributed by atoms with Crippen molar-refractivity contribution in [2.24, 2.45) is 16.7 Å². The largest absolute Gasteiger partial charge is 0.208 e. The molecule has 5 rings (SSSR count). The van der Waals surface area contributed by atoms with E-state index in [0.717, 1.165) is 11.7 Å². The summed E-state index contributed by atoms with van der Waals surface area (Å²) in [4.78, 5) is 4.54. The number of hydrogen-bond donors (Lipinski definition) is 0. The second-order valence-corrected chi connectivity index (χ2v) is 9.12. The SMILES string of the molecule is CC12CC3CC(C)(C1)CC(c1nsc(Cl)n1)(C3)C2. The van der Waals surface area contributed by atoms with Crippen molar-refractivity contribution in [2.75, 3.05) is 0 Å². The first-order valence-corrected chi connectivity index (χ1v) is 8.05. The molecule has 0 radical (unpaired) electrons. The van der Waals surface area contributed by atoms with Crippen molar-refractivity contribution < 1.29 is 0 Å². The van der Waals surface area contributed by atoms with E-state index in [4.69, 9.17) is 11.6 Å². The van der Waals surface area contributed by atoms with Gasteiger partial charge >= 0.3 is 0 Å². The van der Waals surface area contributed by atoms with Crippen molar-refractivity contribution in [2.45, 2.75) is 57.8 Å². The zero-order valence-electron chi connectivity index (χ0n) is 11.0. The van der Waals surface area contributed by atoms with Gasteiger partial charge < -0.3 is 0 Å². The molecule has 1 aromatic rings. The molecule has 4 bridgehead atoms. The molecule has 0 N–H and O–H groups in total. The summed E-state index contributed by atoms with van der Waals surface area (Å²) in [6, 6.07) is 0. The quantitative estimate of drug-likeness (QED) is 0.761. The highest BCUT2D eigenvalue weighted by molar-refractivity contribution is 7.10. The number of rotatable bonds is 1. The molecule has 0 amide bonds. The van der Waals surface area contributed by atoms with E-state index >= 15 is 0 Å². The van der Waals surface area contributed by atoms with Crippen LogP contribution in [0.2, 0.25) is 4.47 Å². The normalized spacial score (nSPS) is 49.8. The summed E-state index contributed by atoms with van der Waals surface area (Å²) in [7, 11) is 0. The van der Waals surface area contributed by atoms with Crippen LogP contribution >= 0.6 is 23.1 Å². The Bertz CT molecular complexity index is 494. The van der Waals surface area contributed by atoms with Crippen molar-refractivity contribution >= 4 is 23.1 Å². The second kappa shape index (κ2) is 3.29. The van der Waals surface area contributed by atoms with E-state index in [1.54, 1.807) is 0 Å². The fraction of sp³-hybridized carbons (Fsp3) is 0.857. The standard InChI is InChI=1S/C14H19ClN2S/c1-12-3-9-4-13(2,6-12)8-14(5-9,7-12)10-16-11(15)18-17-10/h9H,3-8H2,1-2H3. The van der Waals surface area contributed by atoms with Crippen LogP contribution in [0, 0.1) is 16.7 Å². The number of halogens is 1. The first-order chi connectivity index (χ1) is 8.41. The van der Waals surface area contributed by atoms with Gasteiger partial charge in [-0.2, -0.15) is 4.37 Å². The molecule has 1 heterocycles. The average molecular weight is 283 g/mol. The Morgan fingerprint density at radius 1 is 1.11 bits per heavy atom. The molecule has 2 nitrogen and oxygen atoms in total. The van der Waals surface area contributed by atoms with Gasteiger partial charge in [-0.25, -0.2) is 4.98 Å². The maximum atomic E-state index is 6.01. The molecular formula is C14H19ClN2S. The molecule has 18 heavy (non-hydrogen) atoms. The Morgan fingerprint density at radius 3 is 2.28 bits per heavy atom. The molecule has 4 aliphatic rings. The van der Waals surface area contributed by atoms with Crippen LogP contribution in [-0.2, 0) is 5.41 Å². The third-order valence-electron chi connectivity index (χ3n) is 5.50. The zero-order chi connectivity index (χ0) is 12.6. The number of aromatic nitrogens is 2. The highest BCUT2D eigenvalue weighted by Gasteiger charge is 2.61. The molecule has 0 aromatic carbocycles. The van der Waals surface area contributed by atoms with Crippen LogP contribution in [0.15, 0.2) is 0 Å². The Hall–Kier alpha value is -0.150. The maximum Gasteiger partial charge on any atom is 0.203 e. The van der Waals surface area contributed by atoms with E-state index in [-0.39, 0.29) is 5.41 Å². The Kier molecular flexibility index (Phi) is 2.13. The summed E-state index contributed by atoms with van der Waals surface area (Å²) in [6.07, 6.45) is 8.09. The van der Waals surface area contributed by atoms with Gasteiger partial charge in [0.15, 0.2) is 0 Å². The summed E-state index contributed by atoms with van der Waals surface area (Å²) >= 11 is 7.37. The lowest BCUT2D eigenvalue weighted by molar-refractivity contribution is -0.112. The van der Waals surface area contributed by atoms with Crippen molar-refractivity contribution in [3.63, 3.8) is 0 Å². The van der Waals surface area contributed by atoms with Gasteiger partial charge in [-0.15, -0.1) is 0 Å². The summed E-state index contributed by atoms with van der Waals surface area (Å²) in [5.41, 5.74) is 1.28. The van der Waals surface area contributed by atoms with Crippen LogP contribution < -0.4 is 0 Å². The Labute approximate surface area is 117 Å². The first-order valence-electron chi connectivity index (χ1n) is 6.90. The third-order valence-corrected chi connectivity index (χ3v) is 6.30. The van der Waals surface area contributed by atoms with E-state index in [9.17, 15) is 0 Å². The highest BCUT2D eigenvalue weighted by atomic mass is 35.5. The lowest BCUT2D eigenvalue weighted by atomic mass is 9.40. The van der Waals surface area contributed by atoms with Gasteiger partial charge in [0.05, 0.1) is 0 Å². The zero-order valence-corrected chi connectivity index (χ0v) is 12.6. The molecule has 2 atom stereocenters. The fourth-order valence-electron chi connectivity index (χ4n) is 6.12. The van der Waals surface area contributed by atoms with Crippen molar-refractivity contribution in [1.29, 1.82) is 0 Å². The summed E-state index contributed by atoms with van der Waals surface area (Å²) in [6.45, 7) is 4.97. The predicted octanol–water partition coefficient (Wildman–Crippen LogP) is 4.44. The predicted molar refractivity (Wildman–Crippen MR) is 74.0 cm³/mol. The van der Waals surface area contributed by atoms with Crippen molar-refractivity contribution in [1.82, 2.24) is 9.36 Å². The minimum absolute atomic E-state index is 0.243. The molecule has 4 aliphatic carbocycles. The van der Waals surface area contributed by atoms with Gasteiger partial charge in [-0.3, -0.25) is 0 Å². The molecule has 4 saturated carbocycles. The lowest BCUT2D eigenvalue weighted by Gasteiger charge is -2.64. The molecule has 98 valence electrons. The highest BCUT2D eigenvalue weighted by Crippen LogP contribution is 2.69. The molecule has 1 aromatic heterocycles. The van der Waals surface area contributed by atoms with Crippen LogP contribution in [0.25, 0.3) is 0 Å². The molecule has 0 spiro atoms. The average Bonchev–Trinajstić information content (AvgIpc) is 2.59. The van der Waals surface area contributed by atoms with Gasteiger partial charge in [0.25, 0.3) is 0 Å². The third kappa shape index (κ3) is 1.53. The van der Waals surface area contributed by atoms with Crippen LogP contribution in [0.4, 0.5) is 0 Å². The van der Waals surface area contributed by atoms with Gasteiger partial charge in [-0.1, -0.05) is 13.8 Å². The van der Waals surface area contributed by atoms with Crippen LogP contribution in [-0.4, -0.2) is 9.36 Å². The molecule has 4 heteroatoms. The van der Waals surface area contributed by atoms with Crippen molar-refractivity contribution in [3.8, 4) is 0 Å². The molecule has 0 saturated heterocycles. The molecule has 2 unspecified atom stereocenters. The van der Waals surface area contributed by atoms with Crippen molar-refractivity contribution in [3.05, 3.63) is 10.3 Å². The first kappa shape index (κ1) is 11.7. The van der Waals surface area contributed by atoms with Crippen LogP contribution in [0.5, 0.6) is 0 Å². The van der Waals surface area contributed by atoms with E-state index < -0.39 is 0 Å². The number of nitrogens with zero attached hydrogens (tertiary/aromatic N) is 2. The lowest BCUT2D eigenvalue weighted by Crippen LogP contribution is -2.57. The summed E-state index contributed by atoms with van der Waals surface area (Å²) in [5.74, 6) is 1.94. The van der Waals surface area contributed by atoms with E-state index in [2.05, 4.69) is 23.2 Å². The minimum Gasteiger partial charge on any atom is -0.208 e. The van der Waals surface area contributed by atoms with Crippen LogP contribution in [0.3, 0.4) is 0 Å². The van der Waals surface area contributed by atoms with E-state index in [1.165, 1.54) is 50.1 Å². The topological polar surface area (TPSA) is 25.8 Å². The molecule has 4 fully saturated rings. The molecular weight excluding hydrogens is 264 g/mol. The Balaban J connectivity index is 1.82. The monoisotopic (exact) mass is 282 g/mol. The maximum absolute atomic E-state index is 6.01. The summed E-state index contributed by atoms with van der Waals surface area (Å²) in [5, 5.41) is 0. The van der Waals surface area contributed by atoms with E-state index in [1.807, 2.05) is 0 Å². The van der Waals surface area contributed by atoms with Gasteiger partial charge in [0.2, 0.25) is 4.47 Å². The fourth-order valence-corrected chi connectivity index (χ4v) is 6.82. The van der Waals surface area contributed by atoms with Gasteiger partial charge in [0, 0.05) is 5.41 Å².